The lowest BCUT2D eigenvalue weighted by Crippen LogP contribution is -2.60. The zero-order chi connectivity index (χ0) is 41.6. The minimum atomic E-state index is -1.24. The zero-order valence-electron chi connectivity index (χ0n) is 34.9. The van der Waals surface area contributed by atoms with Gasteiger partial charge >= 0.3 is 12.1 Å². The van der Waals surface area contributed by atoms with Crippen molar-refractivity contribution in [2.45, 2.75) is 148 Å². The van der Waals surface area contributed by atoms with Gasteiger partial charge in [-0.2, -0.15) is 0 Å². The summed E-state index contributed by atoms with van der Waals surface area (Å²) in [6, 6.07) is -1.07. The number of amides is 1. The number of ketones is 1. The molecule has 5 heterocycles. The molecule has 2 aromatic heterocycles. The summed E-state index contributed by atoms with van der Waals surface area (Å²) in [6.45, 7) is 14.4. The van der Waals surface area contributed by atoms with E-state index in [0.29, 0.717) is 51.0 Å². The quantitative estimate of drug-likeness (QED) is 0.136. The number of Topliss-reactive ketones (excluding diaryl/α,β-unsaturated/α-hetero) is 1. The minimum Gasteiger partial charge on any atom is -0.458 e. The summed E-state index contributed by atoms with van der Waals surface area (Å²) in [6.07, 6.45) is 2.86. The Morgan fingerprint density at radius 2 is 1.86 bits per heavy atom. The number of aliphatic hydroxyl groups excluding tert-OH is 1. The molecule has 2 N–H and O–H groups in total. The molecule has 0 saturated carbocycles. The zero-order valence-corrected chi connectivity index (χ0v) is 35.7. The lowest BCUT2D eigenvalue weighted by molar-refractivity contribution is -0.278. The molecule has 1 amide bonds. The molecule has 0 aromatic carbocycles. The second-order valence-corrected chi connectivity index (χ2v) is 17.6. The van der Waals surface area contributed by atoms with Crippen LogP contribution in [0.15, 0.2) is 17.8 Å². The summed E-state index contributed by atoms with van der Waals surface area (Å²) < 4.78 is 26.8. The van der Waals surface area contributed by atoms with Crippen molar-refractivity contribution < 1.29 is 43.2 Å². The Morgan fingerprint density at radius 3 is 2.53 bits per heavy atom. The van der Waals surface area contributed by atoms with Crippen molar-refractivity contribution in [3.8, 4) is 10.7 Å². The van der Waals surface area contributed by atoms with Gasteiger partial charge in [-0.3, -0.25) is 19.2 Å². The number of rotatable bonds is 12. The lowest BCUT2D eigenvalue weighted by atomic mass is 9.79. The first-order valence-corrected chi connectivity index (χ1v) is 21.3. The highest BCUT2D eigenvalue weighted by atomic mass is 32.1. The number of fused-ring (bicyclic) bond motifs is 1. The van der Waals surface area contributed by atoms with Gasteiger partial charge in [0.05, 0.1) is 24.4 Å². The van der Waals surface area contributed by atoms with Crippen molar-refractivity contribution in [2.75, 3.05) is 27.2 Å². The Morgan fingerprint density at radius 1 is 1.12 bits per heavy atom. The molecule has 3 fully saturated rings. The van der Waals surface area contributed by atoms with E-state index in [0.717, 1.165) is 17.7 Å². The van der Waals surface area contributed by atoms with Gasteiger partial charge in [-0.05, 0) is 92.3 Å². The summed E-state index contributed by atoms with van der Waals surface area (Å²) in [7, 11) is 3.77. The second kappa shape index (κ2) is 19.6. The SMILES string of the molecule is CC[C@H]1OC(=O)[C@H](C)C(=O)[C@H](C)[C@@H](O[C@@H]2OC(C)CC(N(C)C)C2O)[C@@H](CC=O)C[C@@H](C)CN[C@H](C)[C@H]2N(CCCCn3cc(-c4nccs4)nn3)C(=O)O[C@]12C. The summed E-state index contributed by atoms with van der Waals surface area (Å²) in [5, 5.41) is 26.2. The number of nitrogens with zero attached hydrogens (tertiary/aromatic N) is 6. The number of aryl methyl sites for hydroxylation is 1. The average Bonchev–Trinajstić information content (AvgIpc) is 3.93. The van der Waals surface area contributed by atoms with Crippen LogP contribution in [0.1, 0.15) is 87.0 Å². The highest BCUT2D eigenvalue weighted by Gasteiger charge is 2.58. The third-order valence-corrected chi connectivity index (χ3v) is 12.9. The maximum absolute atomic E-state index is 14.3. The predicted octanol–water partition coefficient (Wildman–Crippen LogP) is 3.96. The van der Waals surface area contributed by atoms with Crippen molar-refractivity contribution in [2.24, 2.45) is 23.7 Å². The van der Waals surface area contributed by atoms with Gasteiger partial charge in [0.1, 0.15) is 35.1 Å². The van der Waals surface area contributed by atoms with Crippen LogP contribution in [0.4, 0.5) is 4.79 Å². The molecule has 0 aliphatic carbocycles. The number of hydrogen-bond acceptors (Lipinski definition) is 15. The van der Waals surface area contributed by atoms with Crippen molar-refractivity contribution in [1.82, 2.24) is 35.1 Å². The van der Waals surface area contributed by atoms with Crippen molar-refractivity contribution in [3.05, 3.63) is 17.8 Å². The Balaban J connectivity index is 1.38. The number of aldehydes is 1. The first-order chi connectivity index (χ1) is 27.1. The van der Waals surface area contributed by atoms with Crippen LogP contribution < -0.4 is 5.32 Å². The van der Waals surface area contributed by atoms with Gasteiger partial charge in [0.2, 0.25) is 0 Å². The number of aromatic nitrogens is 4. The van der Waals surface area contributed by atoms with Crippen LogP contribution in [0.3, 0.4) is 0 Å². The molecule has 16 nitrogen and oxygen atoms in total. The molecule has 0 radical (unpaired) electrons. The van der Waals surface area contributed by atoms with Crippen molar-refractivity contribution >= 4 is 35.5 Å². The minimum absolute atomic E-state index is 0.00599. The molecule has 318 valence electrons. The van der Waals surface area contributed by atoms with E-state index in [4.69, 9.17) is 18.9 Å². The summed E-state index contributed by atoms with van der Waals surface area (Å²) in [5.41, 5.74) is -0.524. The monoisotopic (exact) mass is 817 g/mol. The number of unbranched alkanes of at least 4 members (excludes halogenated alkanes) is 1. The number of nitrogens with one attached hydrogen (secondary N) is 1. The van der Waals surface area contributed by atoms with Crippen LogP contribution in [0.2, 0.25) is 0 Å². The normalized spacial score (nSPS) is 36.0. The molecule has 5 rings (SSSR count). The smallest absolute Gasteiger partial charge is 0.410 e. The molecule has 0 bridgehead atoms. The van der Waals surface area contributed by atoms with E-state index in [9.17, 15) is 24.3 Å². The number of carbonyl (C=O) groups is 4. The maximum atomic E-state index is 14.3. The molecule has 13 atom stereocenters. The second-order valence-electron chi connectivity index (χ2n) is 16.7. The lowest BCUT2D eigenvalue weighted by Gasteiger charge is -2.44. The predicted molar refractivity (Wildman–Crippen MR) is 212 cm³/mol. The van der Waals surface area contributed by atoms with Gasteiger partial charge in [0.25, 0.3) is 0 Å². The van der Waals surface area contributed by atoms with Crippen molar-refractivity contribution in [1.29, 1.82) is 0 Å². The molecule has 2 aromatic rings. The Hall–Kier alpha value is -3.35. The van der Waals surface area contributed by atoms with E-state index < -0.39 is 71.8 Å². The van der Waals surface area contributed by atoms with Crippen LogP contribution in [0.25, 0.3) is 10.7 Å². The Bertz CT molecular complexity index is 1640. The van der Waals surface area contributed by atoms with Gasteiger partial charge in [0.15, 0.2) is 17.7 Å². The van der Waals surface area contributed by atoms with E-state index in [1.807, 2.05) is 58.3 Å². The summed E-state index contributed by atoms with van der Waals surface area (Å²) in [5.74, 6) is -3.63. The summed E-state index contributed by atoms with van der Waals surface area (Å²) in [4.78, 5) is 62.1. The maximum Gasteiger partial charge on any atom is 0.410 e. The van der Waals surface area contributed by atoms with E-state index in [2.05, 4.69) is 27.5 Å². The van der Waals surface area contributed by atoms with E-state index in [1.54, 1.807) is 22.7 Å². The highest BCUT2D eigenvalue weighted by Crippen LogP contribution is 2.39. The molecule has 3 saturated heterocycles. The first kappa shape index (κ1) is 44.7. The largest absolute Gasteiger partial charge is 0.458 e. The fourth-order valence-corrected chi connectivity index (χ4v) is 9.54. The number of aliphatic hydroxyl groups is 1. The van der Waals surface area contributed by atoms with Gasteiger partial charge in [-0.1, -0.05) is 26.0 Å². The fourth-order valence-electron chi connectivity index (χ4n) is 8.95. The van der Waals surface area contributed by atoms with E-state index >= 15 is 0 Å². The number of esters is 1. The van der Waals surface area contributed by atoms with Crippen LogP contribution in [0.5, 0.6) is 0 Å². The number of hydrogen-bond donors (Lipinski definition) is 2. The first-order valence-electron chi connectivity index (χ1n) is 20.5. The topological polar surface area (TPSA) is 188 Å². The number of thiazole rings is 1. The third kappa shape index (κ3) is 10.3. The van der Waals surface area contributed by atoms with Crippen LogP contribution in [-0.4, -0.2) is 141 Å². The molecule has 57 heavy (non-hydrogen) atoms. The van der Waals surface area contributed by atoms with Crippen molar-refractivity contribution in [3.63, 3.8) is 0 Å². The fraction of sp³-hybridized carbons (Fsp3) is 0.775. The van der Waals surface area contributed by atoms with Crippen LogP contribution in [-0.2, 0) is 39.9 Å². The number of likely N-dealkylation sites (N-methyl/N-ethyl adjacent to an activating group) is 1. The summed E-state index contributed by atoms with van der Waals surface area (Å²) >= 11 is 1.50. The molecular formula is C40H63N7O9S. The van der Waals surface area contributed by atoms with E-state index in [-0.39, 0.29) is 30.5 Å². The standard InChI is InChI=1S/C40H63N7O9S/c1-10-31-40(7)35(47(39(52)56-40)16-12-11-15-46-22-29(43-44-46)36-41-14-18-57-36)27(6)42-21-23(2)19-28(13-17-48)34(25(4)32(49)26(5)37(51)54-31)55-38-33(50)30(45(8)9)20-24(3)53-38/h14,17-18,22-28,30-31,33-35,38,42,50H,10-13,15-16,19-21H2,1-9H3/t23-,24?,25+,26-,27-,28+,30?,31-,33?,34-,35-,38+,40-/m1/s1. The van der Waals surface area contributed by atoms with Crippen LogP contribution >= 0.6 is 11.3 Å². The third-order valence-electron chi connectivity index (χ3n) is 12.1. The Labute approximate surface area is 340 Å². The van der Waals surface area contributed by atoms with Crippen LogP contribution in [0, 0.1) is 23.7 Å². The molecule has 17 heteroatoms. The van der Waals surface area contributed by atoms with Gasteiger partial charge in [-0.25, -0.2) is 9.78 Å². The van der Waals surface area contributed by atoms with Gasteiger partial charge in [-0.15, -0.1) is 16.4 Å². The number of ether oxygens (including phenoxy) is 4. The molecule has 3 aliphatic heterocycles. The number of carbonyl (C=O) groups excluding carboxylic acids is 4. The van der Waals surface area contributed by atoms with Gasteiger partial charge in [0, 0.05) is 49.1 Å². The van der Waals surface area contributed by atoms with Gasteiger partial charge < -0.3 is 39.1 Å². The molecule has 3 unspecified atom stereocenters. The average molecular weight is 818 g/mol. The molecule has 3 aliphatic rings. The number of cyclic esters (lactones) is 1. The molecule has 0 spiro atoms. The highest BCUT2D eigenvalue weighted by molar-refractivity contribution is 7.13. The Kier molecular flexibility index (Phi) is 15.4. The van der Waals surface area contributed by atoms with E-state index in [1.165, 1.54) is 18.3 Å². The molecular weight excluding hydrogens is 755 g/mol.